The summed E-state index contributed by atoms with van der Waals surface area (Å²) < 4.78 is 13.7. The molecule has 0 amide bonds. The van der Waals surface area contributed by atoms with Crippen molar-refractivity contribution in [3.8, 4) is 0 Å². The molecule has 0 spiro atoms. The Labute approximate surface area is 79.2 Å². The van der Waals surface area contributed by atoms with Crippen LogP contribution in [0.4, 0.5) is 4.39 Å². The van der Waals surface area contributed by atoms with Gasteiger partial charge in [0.05, 0.1) is 10.5 Å². The van der Waals surface area contributed by atoms with Crippen molar-refractivity contribution >= 4 is 15.9 Å². The second kappa shape index (κ2) is 3.83. The summed E-state index contributed by atoms with van der Waals surface area (Å²) in [7, 11) is 0. The first kappa shape index (κ1) is 9.42. The van der Waals surface area contributed by atoms with Gasteiger partial charge in [0, 0.05) is 5.56 Å². The fraction of sp³-hybridized carbons (Fsp3) is 0.111. The molecule has 0 unspecified atom stereocenters. The molecule has 0 fully saturated rings. The van der Waals surface area contributed by atoms with Crippen LogP contribution in [0.1, 0.15) is 11.6 Å². The number of halogens is 2. The number of benzene rings is 1. The van der Waals surface area contributed by atoms with E-state index in [0.29, 0.717) is 10.0 Å². The fourth-order valence-corrected chi connectivity index (χ4v) is 1.29. The number of nitrogens with two attached hydrogens (primary N) is 1. The van der Waals surface area contributed by atoms with E-state index in [1.165, 1.54) is 6.08 Å². The first-order valence-electron chi connectivity index (χ1n) is 3.49. The topological polar surface area (TPSA) is 26.0 Å². The lowest BCUT2D eigenvalue weighted by Gasteiger charge is -2.08. The molecule has 3 heteroatoms. The van der Waals surface area contributed by atoms with Gasteiger partial charge in [0.2, 0.25) is 0 Å². The van der Waals surface area contributed by atoms with Gasteiger partial charge in [-0.25, -0.2) is 4.39 Å². The molecule has 1 aromatic rings. The van der Waals surface area contributed by atoms with E-state index in [0.717, 1.165) is 0 Å². The maximum absolute atomic E-state index is 13.3. The Kier molecular flexibility index (Phi) is 3.00. The van der Waals surface area contributed by atoms with E-state index < -0.39 is 6.04 Å². The Morgan fingerprint density at radius 2 is 2.25 bits per heavy atom. The van der Waals surface area contributed by atoms with E-state index in [2.05, 4.69) is 22.5 Å². The second-order valence-electron chi connectivity index (χ2n) is 2.40. The second-order valence-corrected chi connectivity index (χ2v) is 3.26. The lowest BCUT2D eigenvalue weighted by atomic mass is 10.1. The lowest BCUT2D eigenvalue weighted by Crippen LogP contribution is -2.08. The first-order valence-corrected chi connectivity index (χ1v) is 4.28. The summed E-state index contributed by atoms with van der Waals surface area (Å²) in [5, 5.41) is 0. The van der Waals surface area contributed by atoms with Crippen molar-refractivity contribution in [3.63, 3.8) is 0 Å². The van der Waals surface area contributed by atoms with Crippen LogP contribution in [0.3, 0.4) is 0 Å². The highest BCUT2D eigenvalue weighted by molar-refractivity contribution is 9.10. The van der Waals surface area contributed by atoms with E-state index in [9.17, 15) is 4.39 Å². The summed E-state index contributed by atoms with van der Waals surface area (Å²) in [6, 6.07) is 4.58. The van der Waals surface area contributed by atoms with Crippen molar-refractivity contribution in [1.29, 1.82) is 0 Å². The third-order valence-electron chi connectivity index (χ3n) is 1.59. The molecule has 2 N–H and O–H groups in total. The molecular weight excluding hydrogens is 221 g/mol. The van der Waals surface area contributed by atoms with E-state index in [-0.39, 0.29) is 5.82 Å². The summed E-state index contributed by atoms with van der Waals surface area (Å²) in [4.78, 5) is 0. The molecule has 64 valence electrons. The van der Waals surface area contributed by atoms with Crippen molar-refractivity contribution in [2.24, 2.45) is 5.73 Å². The Balaban J connectivity index is 3.15. The van der Waals surface area contributed by atoms with Crippen LogP contribution in [-0.4, -0.2) is 0 Å². The summed E-state index contributed by atoms with van der Waals surface area (Å²) in [5.41, 5.74) is 6.04. The summed E-state index contributed by atoms with van der Waals surface area (Å²) in [6.45, 7) is 3.50. The minimum Gasteiger partial charge on any atom is -0.321 e. The molecule has 1 atom stereocenters. The summed E-state index contributed by atoms with van der Waals surface area (Å²) in [6.07, 6.45) is 1.50. The van der Waals surface area contributed by atoms with Gasteiger partial charge >= 0.3 is 0 Å². The van der Waals surface area contributed by atoms with Crippen molar-refractivity contribution in [2.75, 3.05) is 0 Å². The molecule has 0 saturated carbocycles. The summed E-state index contributed by atoms with van der Waals surface area (Å²) >= 11 is 3.08. The molecule has 0 saturated heterocycles. The maximum atomic E-state index is 13.3. The van der Waals surface area contributed by atoms with Crippen LogP contribution >= 0.6 is 15.9 Å². The molecule has 0 radical (unpaired) electrons. The normalized spacial score (nSPS) is 12.6. The zero-order valence-corrected chi connectivity index (χ0v) is 8.01. The summed E-state index contributed by atoms with van der Waals surface area (Å²) in [5.74, 6) is -0.315. The van der Waals surface area contributed by atoms with Gasteiger partial charge < -0.3 is 5.73 Å². The lowest BCUT2D eigenvalue weighted by molar-refractivity contribution is 0.596. The third-order valence-corrected chi connectivity index (χ3v) is 2.21. The van der Waals surface area contributed by atoms with E-state index in [1.54, 1.807) is 18.2 Å². The van der Waals surface area contributed by atoms with Crippen LogP contribution in [0.5, 0.6) is 0 Å². The van der Waals surface area contributed by atoms with Crippen molar-refractivity contribution in [1.82, 2.24) is 0 Å². The predicted molar refractivity (Wildman–Crippen MR) is 51.2 cm³/mol. The van der Waals surface area contributed by atoms with Gasteiger partial charge in [-0.1, -0.05) is 18.2 Å². The predicted octanol–water partition coefficient (Wildman–Crippen LogP) is 2.77. The molecule has 1 nitrogen and oxygen atoms in total. The molecule has 0 aliphatic heterocycles. The van der Waals surface area contributed by atoms with Crippen LogP contribution in [0.15, 0.2) is 35.3 Å². The molecule has 0 aliphatic carbocycles. The monoisotopic (exact) mass is 229 g/mol. The Morgan fingerprint density at radius 3 is 2.83 bits per heavy atom. The van der Waals surface area contributed by atoms with E-state index in [1.807, 2.05) is 0 Å². The van der Waals surface area contributed by atoms with Crippen LogP contribution in [0, 0.1) is 5.82 Å². The number of hydrogen-bond acceptors (Lipinski definition) is 1. The fourth-order valence-electron chi connectivity index (χ4n) is 0.905. The van der Waals surface area contributed by atoms with Gasteiger partial charge in [0.25, 0.3) is 0 Å². The van der Waals surface area contributed by atoms with Crippen molar-refractivity contribution in [3.05, 3.63) is 46.7 Å². The molecule has 0 aliphatic rings. The van der Waals surface area contributed by atoms with E-state index >= 15 is 0 Å². The van der Waals surface area contributed by atoms with Gasteiger partial charge in [0.15, 0.2) is 0 Å². The van der Waals surface area contributed by atoms with Gasteiger partial charge in [-0.05, 0) is 22.0 Å². The molecule has 0 aromatic heterocycles. The van der Waals surface area contributed by atoms with E-state index in [4.69, 9.17) is 5.73 Å². The van der Waals surface area contributed by atoms with Gasteiger partial charge in [-0.3, -0.25) is 0 Å². The van der Waals surface area contributed by atoms with Gasteiger partial charge in [-0.2, -0.15) is 0 Å². The van der Waals surface area contributed by atoms with Crippen molar-refractivity contribution in [2.45, 2.75) is 6.04 Å². The SMILES string of the molecule is C=C[C@@H](N)c1cccc(Br)c1F. The minimum absolute atomic E-state index is 0.315. The highest BCUT2D eigenvalue weighted by Gasteiger charge is 2.09. The third kappa shape index (κ3) is 1.73. The first-order chi connectivity index (χ1) is 5.66. The van der Waals surface area contributed by atoms with Gasteiger partial charge in [0.1, 0.15) is 5.82 Å². The quantitative estimate of drug-likeness (QED) is 0.776. The standard InChI is InChI=1S/C9H9BrFN/c1-2-8(12)6-4-3-5-7(10)9(6)11/h2-5,8H,1,12H2/t8-/m1/s1. The van der Waals surface area contributed by atoms with Crippen LogP contribution in [0.25, 0.3) is 0 Å². The zero-order chi connectivity index (χ0) is 9.14. The number of rotatable bonds is 2. The van der Waals surface area contributed by atoms with Crippen LogP contribution in [-0.2, 0) is 0 Å². The largest absolute Gasteiger partial charge is 0.321 e. The Morgan fingerprint density at radius 1 is 1.58 bits per heavy atom. The minimum atomic E-state index is -0.442. The van der Waals surface area contributed by atoms with Gasteiger partial charge in [-0.15, -0.1) is 6.58 Å². The number of hydrogen-bond donors (Lipinski definition) is 1. The molecule has 1 rings (SSSR count). The maximum Gasteiger partial charge on any atom is 0.142 e. The highest BCUT2D eigenvalue weighted by Crippen LogP contribution is 2.22. The smallest absolute Gasteiger partial charge is 0.142 e. The highest BCUT2D eigenvalue weighted by atomic mass is 79.9. The average Bonchev–Trinajstić information content (AvgIpc) is 2.08. The zero-order valence-electron chi connectivity index (χ0n) is 6.43. The Bertz CT molecular complexity index is 299. The Hall–Kier alpha value is -0.670. The molecule has 1 aromatic carbocycles. The molecule has 0 bridgehead atoms. The molecule has 12 heavy (non-hydrogen) atoms. The van der Waals surface area contributed by atoms with Crippen LogP contribution in [0.2, 0.25) is 0 Å². The average molecular weight is 230 g/mol. The molecular formula is C9H9BrFN. The molecule has 0 heterocycles. The van der Waals surface area contributed by atoms with Crippen molar-refractivity contribution < 1.29 is 4.39 Å². The van der Waals surface area contributed by atoms with Crippen LogP contribution < -0.4 is 5.73 Å².